The number of amides is 1. The molecule has 4 nitrogen and oxygen atoms in total. The molecule has 0 spiro atoms. The van der Waals surface area contributed by atoms with Crippen molar-refractivity contribution < 1.29 is 14.3 Å². The summed E-state index contributed by atoms with van der Waals surface area (Å²) in [6.45, 7) is -0.164. The van der Waals surface area contributed by atoms with E-state index < -0.39 is 6.04 Å². The Hall–Kier alpha value is -3.15. The zero-order valence-electron chi connectivity index (χ0n) is 16.6. The highest BCUT2D eigenvalue weighted by Gasteiger charge is 2.52. The maximum Gasteiger partial charge on any atom is 0.227 e. The molecule has 30 heavy (non-hydrogen) atoms. The van der Waals surface area contributed by atoms with Crippen LogP contribution in [0.1, 0.15) is 48.3 Å². The quantitative estimate of drug-likeness (QED) is 0.798. The predicted molar refractivity (Wildman–Crippen MR) is 111 cm³/mol. The van der Waals surface area contributed by atoms with E-state index in [0.29, 0.717) is 5.56 Å². The smallest absolute Gasteiger partial charge is 0.227 e. The van der Waals surface area contributed by atoms with Crippen LogP contribution >= 0.6 is 0 Å². The number of hydrogen-bond donors (Lipinski definition) is 1. The number of aliphatic hydroxyl groups excluding tert-OH is 1. The molecule has 1 saturated carbocycles. The van der Waals surface area contributed by atoms with Gasteiger partial charge in [-0.05, 0) is 48.7 Å². The molecule has 0 aromatic heterocycles. The number of carbonyl (C=O) groups excluding carboxylic acids is 1. The van der Waals surface area contributed by atoms with Crippen LogP contribution in [0.2, 0.25) is 0 Å². The van der Waals surface area contributed by atoms with Crippen molar-refractivity contribution in [3.05, 3.63) is 71.0 Å². The van der Waals surface area contributed by atoms with Crippen LogP contribution < -0.4 is 0 Å². The van der Waals surface area contributed by atoms with Gasteiger partial charge in [-0.2, -0.15) is 5.26 Å². The molecule has 1 amide bonds. The Kier molecular flexibility index (Phi) is 5.84. The van der Waals surface area contributed by atoms with Crippen molar-refractivity contribution in [1.82, 2.24) is 4.90 Å². The molecule has 2 aromatic rings. The van der Waals surface area contributed by atoms with Gasteiger partial charge in [-0.1, -0.05) is 42.9 Å². The van der Waals surface area contributed by atoms with E-state index in [4.69, 9.17) is 0 Å². The van der Waals surface area contributed by atoms with Crippen molar-refractivity contribution >= 4 is 5.91 Å². The van der Waals surface area contributed by atoms with Crippen LogP contribution in [-0.4, -0.2) is 34.6 Å². The summed E-state index contributed by atoms with van der Waals surface area (Å²) in [5.41, 5.74) is 2.28. The number of aliphatic hydroxyl groups is 1. The average molecular weight is 402 g/mol. The van der Waals surface area contributed by atoms with Crippen LogP contribution in [0, 0.1) is 34.9 Å². The number of halogens is 1. The van der Waals surface area contributed by atoms with E-state index in [9.17, 15) is 19.6 Å². The number of hydrogen-bond acceptors (Lipinski definition) is 3. The Morgan fingerprint density at radius 3 is 2.43 bits per heavy atom. The molecule has 1 N–H and O–H groups in total. The number of carbonyl (C=O) groups is 1. The Labute approximate surface area is 175 Å². The van der Waals surface area contributed by atoms with E-state index in [1.165, 1.54) is 12.1 Å². The molecule has 0 unspecified atom stereocenters. The molecule has 152 valence electrons. The summed E-state index contributed by atoms with van der Waals surface area (Å²) in [6, 6.07) is 15.0. The van der Waals surface area contributed by atoms with Gasteiger partial charge in [0.15, 0.2) is 0 Å². The van der Waals surface area contributed by atoms with Crippen LogP contribution in [0.3, 0.4) is 0 Å². The minimum absolute atomic E-state index is 0.00642. The number of rotatable bonds is 3. The summed E-state index contributed by atoms with van der Waals surface area (Å²) < 4.78 is 13.3. The zero-order valence-corrected chi connectivity index (χ0v) is 16.6. The molecule has 2 fully saturated rings. The van der Waals surface area contributed by atoms with Crippen LogP contribution in [0.25, 0.3) is 0 Å². The molecule has 1 heterocycles. The highest BCUT2D eigenvalue weighted by molar-refractivity contribution is 5.82. The Bertz CT molecular complexity index is 1030. The lowest BCUT2D eigenvalue weighted by molar-refractivity contribution is -0.151. The highest BCUT2D eigenvalue weighted by Crippen LogP contribution is 2.42. The van der Waals surface area contributed by atoms with Crippen LogP contribution in [-0.2, 0) is 4.79 Å². The SMILES string of the molecule is N#C[C@@H]1[C@@H](c2ccc(C#Cc3cccc(F)c3)cc2)[C@H](CO)N1C(=O)C1CCCC1. The Morgan fingerprint density at radius 2 is 1.80 bits per heavy atom. The van der Waals surface area contributed by atoms with E-state index >= 15 is 0 Å². The van der Waals surface area contributed by atoms with Gasteiger partial charge in [-0.15, -0.1) is 0 Å². The second-order valence-corrected chi connectivity index (χ2v) is 7.96. The first-order valence-corrected chi connectivity index (χ1v) is 10.3. The third-order valence-electron chi connectivity index (χ3n) is 6.16. The van der Waals surface area contributed by atoms with Crippen molar-refractivity contribution in [3.63, 3.8) is 0 Å². The number of benzene rings is 2. The van der Waals surface area contributed by atoms with Gasteiger partial charge in [-0.3, -0.25) is 4.79 Å². The van der Waals surface area contributed by atoms with Crippen LogP contribution in [0.15, 0.2) is 48.5 Å². The van der Waals surface area contributed by atoms with E-state index in [1.54, 1.807) is 17.0 Å². The van der Waals surface area contributed by atoms with Gasteiger partial charge < -0.3 is 10.0 Å². The van der Waals surface area contributed by atoms with Gasteiger partial charge >= 0.3 is 0 Å². The van der Waals surface area contributed by atoms with Gasteiger partial charge in [0.2, 0.25) is 5.91 Å². The van der Waals surface area contributed by atoms with Crippen LogP contribution in [0.4, 0.5) is 4.39 Å². The van der Waals surface area contributed by atoms with Crippen molar-refractivity contribution in [2.75, 3.05) is 6.61 Å². The first-order valence-electron chi connectivity index (χ1n) is 10.3. The molecule has 3 atom stereocenters. The minimum atomic E-state index is -0.556. The Balaban J connectivity index is 1.51. The topological polar surface area (TPSA) is 64.3 Å². The van der Waals surface area contributed by atoms with E-state index in [-0.39, 0.29) is 36.2 Å². The molecular formula is C25H23FN2O2. The van der Waals surface area contributed by atoms with Gasteiger partial charge in [0, 0.05) is 23.0 Å². The lowest BCUT2D eigenvalue weighted by Crippen LogP contribution is -2.66. The summed E-state index contributed by atoms with van der Waals surface area (Å²) in [7, 11) is 0. The molecule has 0 bridgehead atoms. The van der Waals surface area contributed by atoms with Gasteiger partial charge in [0.1, 0.15) is 11.9 Å². The summed E-state index contributed by atoms with van der Waals surface area (Å²) in [5, 5.41) is 19.6. The van der Waals surface area contributed by atoms with E-state index in [1.807, 2.05) is 24.3 Å². The molecule has 4 rings (SSSR count). The first kappa shape index (κ1) is 20.1. The summed E-state index contributed by atoms with van der Waals surface area (Å²) in [6.07, 6.45) is 3.84. The average Bonchev–Trinajstić information content (AvgIpc) is 3.28. The van der Waals surface area contributed by atoms with E-state index in [2.05, 4.69) is 17.9 Å². The first-order chi connectivity index (χ1) is 14.6. The van der Waals surface area contributed by atoms with Crippen molar-refractivity contribution in [3.8, 4) is 17.9 Å². The lowest BCUT2D eigenvalue weighted by Gasteiger charge is -2.52. The largest absolute Gasteiger partial charge is 0.394 e. The molecule has 1 aliphatic carbocycles. The van der Waals surface area contributed by atoms with Crippen molar-refractivity contribution in [1.29, 1.82) is 5.26 Å². The molecule has 0 radical (unpaired) electrons. The van der Waals surface area contributed by atoms with Gasteiger partial charge in [0.25, 0.3) is 0 Å². The predicted octanol–water partition coefficient (Wildman–Crippen LogP) is 3.59. The second-order valence-electron chi connectivity index (χ2n) is 7.96. The maximum atomic E-state index is 13.3. The standard InChI is InChI=1S/C25H23FN2O2/c26-21-7-3-4-18(14-21)9-8-17-10-12-19(13-11-17)24-22(15-27)28(23(24)16-29)25(30)20-5-1-2-6-20/h3-4,7,10-14,20,22-24,29H,1-2,5-6,16H2/t22-,23+,24-/m1/s1. The normalized spacial score (nSPS) is 23.2. The summed E-state index contributed by atoms with van der Waals surface area (Å²) in [5.74, 6) is 5.40. The van der Waals surface area contributed by atoms with Crippen molar-refractivity contribution in [2.45, 2.75) is 43.7 Å². The highest BCUT2D eigenvalue weighted by atomic mass is 19.1. The van der Waals surface area contributed by atoms with Gasteiger partial charge in [-0.25, -0.2) is 4.39 Å². The molecule has 2 aliphatic rings. The monoisotopic (exact) mass is 402 g/mol. The molecule has 5 heteroatoms. The molecular weight excluding hydrogens is 379 g/mol. The third-order valence-corrected chi connectivity index (χ3v) is 6.16. The van der Waals surface area contributed by atoms with Crippen LogP contribution in [0.5, 0.6) is 0 Å². The fourth-order valence-corrected chi connectivity index (χ4v) is 4.59. The maximum absolute atomic E-state index is 13.3. The summed E-state index contributed by atoms with van der Waals surface area (Å²) >= 11 is 0. The van der Waals surface area contributed by atoms with E-state index in [0.717, 1.165) is 36.8 Å². The summed E-state index contributed by atoms with van der Waals surface area (Å²) in [4.78, 5) is 14.5. The molecule has 1 aliphatic heterocycles. The molecule has 2 aromatic carbocycles. The number of likely N-dealkylation sites (tertiary alicyclic amines) is 1. The van der Waals surface area contributed by atoms with Gasteiger partial charge in [0.05, 0.1) is 18.7 Å². The number of nitrogens with zero attached hydrogens (tertiary/aromatic N) is 2. The lowest BCUT2D eigenvalue weighted by atomic mass is 9.75. The number of nitriles is 1. The fraction of sp³-hybridized carbons (Fsp3) is 0.360. The zero-order chi connectivity index (χ0) is 21.1. The molecule has 1 saturated heterocycles. The fourth-order valence-electron chi connectivity index (χ4n) is 4.59. The Morgan fingerprint density at radius 1 is 1.10 bits per heavy atom. The second kappa shape index (κ2) is 8.69. The van der Waals surface area contributed by atoms with Crippen molar-refractivity contribution in [2.24, 2.45) is 5.92 Å². The minimum Gasteiger partial charge on any atom is -0.394 e. The third kappa shape index (κ3) is 3.82.